The van der Waals surface area contributed by atoms with Crippen LogP contribution in [0.15, 0.2) is 24.3 Å². The largest absolute Gasteiger partial charge is 0.478 e. The van der Waals surface area contributed by atoms with Gasteiger partial charge in [-0.15, -0.1) is 0 Å². The number of hydrogen-bond acceptors (Lipinski definition) is 3. The standard InChI is InChI=1S/C9H11O6P/c10-9(11)8-3-1-7(2-4-8)5-6-15-16(12,13)14/h1-4H,5-6H2,(H,10,11)(H2,12,13,14). The molecule has 1 aromatic rings. The highest BCUT2D eigenvalue weighted by atomic mass is 31.2. The van der Waals surface area contributed by atoms with Gasteiger partial charge in [0.05, 0.1) is 12.2 Å². The second kappa shape index (κ2) is 5.23. The average molecular weight is 246 g/mol. The maximum absolute atomic E-state index is 10.5. The Bertz CT molecular complexity index is 407. The van der Waals surface area contributed by atoms with Crippen LogP contribution < -0.4 is 0 Å². The Labute approximate surface area is 91.7 Å². The molecular formula is C9H11O6P. The van der Waals surface area contributed by atoms with Gasteiger partial charge in [-0.2, -0.15) is 0 Å². The van der Waals surface area contributed by atoms with Crippen molar-refractivity contribution in [2.24, 2.45) is 0 Å². The first-order valence-corrected chi connectivity index (χ1v) is 5.94. The van der Waals surface area contributed by atoms with Crippen molar-refractivity contribution in [2.75, 3.05) is 6.61 Å². The van der Waals surface area contributed by atoms with Gasteiger partial charge in [0, 0.05) is 0 Å². The van der Waals surface area contributed by atoms with Crippen molar-refractivity contribution in [3.8, 4) is 0 Å². The molecule has 0 aliphatic rings. The molecule has 0 heterocycles. The van der Waals surface area contributed by atoms with E-state index in [0.717, 1.165) is 5.56 Å². The number of phosphoric acid groups is 1. The van der Waals surface area contributed by atoms with Crippen molar-refractivity contribution in [3.63, 3.8) is 0 Å². The van der Waals surface area contributed by atoms with Gasteiger partial charge < -0.3 is 14.9 Å². The molecule has 7 heteroatoms. The zero-order chi connectivity index (χ0) is 12.2. The van der Waals surface area contributed by atoms with Gasteiger partial charge in [-0.3, -0.25) is 4.52 Å². The smallest absolute Gasteiger partial charge is 0.469 e. The predicted molar refractivity (Wildman–Crippen MR) is 55.1 cm³/mol. The molecular weight excluding hydrogens is 235 g/mol. The summed E-state index contributed by atoms with van der Waals surface area (Å²) in [5.41, 5.74) is 0.915. The van der Waals surface area contributed by atoms with E-state index >= 15 is 0 Å². The van der Waals surface area contributed by atoms with Gasteiger partial charge >= 0.3 is 13.8 Å². The summed E-state index contributed by atoms with van der Waals surface area (Å²) >= 11 is 0. The highest BCUT2D eigenvalue weighted by molar-refractivity contribution is 7.46. The Morgan fingerprint density at radius 1 is 1.25 bits per heavy atom. The Kier molecular flexibility index (Phi) is 4.20. The number of aromatic carboxylic acids is 1. The highest BCUT2D eigenvalue weighted by Gasteiger charge is 2.12. The Morgan fingerprint density at radius 2 is 1.81 bits per heavy atom. The molecule has 0 amide bonds. The van der Waals surface area contributed by atoms with E-state index in [9.17, 15) is 9.36 Å². The van der Waals surface area contributed by atoms with E-state index in [-0.39, 0.29) is 12.2 Å². The van der Waals surface area contributed by atoms with Crippen molar-refractivity contribution in [1.82, 2.24) is 0 Å². The lowest BCUT2D eigenvalue weighted by atomic mass is 10.1. The molecule has 0 fully saturated rings. The van der Waals surface area contributed by atoms with Gasteiger partial charge in [-0.25, -0.2) is 9.36 Å². The molecule has 6 nitrogen and oxygen atoms in total. The van der Waals surface area contributed by atoms with Gasteiger partial charge in [0.2, 0.25) is 0 Å². The van der Waals surface area contributed by atoms with E-state index in [0.29, 0.717) is 6.42 Å². The van der Waals surface area contributed by atoms with E-state index in [2.05, 4.69) is 4.52 Å². The SMILES string of the molecule is O=C(O)c1ccc(CCOP(=O)(O)O)cc1. The van der Waals surface area contributed by atoms with E-state index in [1.807, 2.05) is 0 Å². The number of carboxylic acids is 1. The molecule has 88 valence electrons. The zero-order valence-electron chi connectivity index (χ0n) is 8.24. The van der Waals surface area contributed by atoms with E-state index in [1.165, 1.54) is 12.1 Å². The number of hydrogen-bond donors (Lipinski definition) is 3. The van der Waals surface area contributed by atoms with Crippen LogP contribution >= 0.6 is 7.82 Å². The number of carboxylic acid groups (broad SMARTS) is 1. The fourth-order valence-electron chi connectivity index (χ4n) is 1.10. The summed E-state index contributed by atoms with van der Waals surface area (Å²) in [5, 5.41) is 8.63. The van der Waals surface area contributed by atoms with Crippen LogP contribution in [0, 0.1) is 0 Å². The van der Waals surface area contributed by atoms with Crippen molar-refractivity contribution < 1.29 is 28.8 Å². The van der Waals surface area contributed by atoms with Crippen LogP contribution in [-0.2, 0) is 15.5 Å². The molecule has 0 radical (unpaired) electrons. The molecule has 1 aromatic carbocycles. The minimum atomic E-state index is -4.42. The highest BCUT2D eigenvalue weighted by Crippen LogP contribution is 2.35. The maximum atomic E-state index is 10.5. The van der Waals surface area contributed by atoms with Crippen LogP contribution in [0.1, 0.15) is 15.9 Å². The molecule has 16 heavy (non-hydrogen) atoms. The Hall–Kier alpha value is -1.20. The minimum absolute atomic E-state index is 0.114. The first kappa shape index (κ1) is 12.9. The van der Waals surface area contributed by atoms with E-state index < -0.39 is 13.8 Å². The van der Waals surface area contributed by atoms with Crippen molar-refractivity contribution in [2.45, 2.75) is 6.42 Å². The Morgan fingerprint density at radius 3 is 2.25 bits per heavy atom. The molecule has 3 N–H and O–H groups in total. The summed E-state index contributed by atoms with van der Waals surface area (Å²) in [6, 6.07) is 6.00. The number of phosphoric ester groups is 1. The number of benzene rings is 1. The molecule has 1 rings (SSSR count). The van der Waals surface area contributed by atoms with Gasteiger partial charge in [-0.05, 0) is 24.1 Å². The van der Waals surface area contributed by atoms with Crippen LogP contribution in [0.4, 0.5) is 0 Å². The molecule has 0 aliphatic carbocycles. The lowest BCUT2D eigenvalue weighted by molar-refractivity contribution is 0.0697. The summed E-state index contributed by atoms with van der Waals surface area (Å²) < 4.78 is 14.6. The number of rotatable bonds is 5. The van der Waals surface area contributed by atoms with Crippen LogP contribution in [0.5, 0.6) is 0 Å². The molecule has 0 bridgehead atoms. The van der Waals surface area contributed by atoms with Crippen molar-refractivity contribution in [3.05, 3.63) is 35.4 Å². The van der Waals surface area contributed by atoms with Crippen molar-refractivity contribution in [1.29, 1.82) is 0 Å². The third-order valence-corrected chi connectivity index (χ3v) is 2.37. The monoisotopic (exact) mass is 246 g/mol. The molecule has 0 saturated carbocycles. The molecule has 0 aliphatic heterocycles. The quantitative estimate of drug-likeness (QED) is 0.670. The second-order valence-corrected chi connectivity index (χ2v) is 4.32. The van der Waals surface area contributed by atoms with Crippen LogP contribution in [-0.4, -0.2) is 27.5 Å². The summed E-state index contributed by atoms with van der Waals surface area (Å²) in [5.74, 6) is -1.02. The maximum Gasteiger partial charge on any atom is 0.469 e. The van der Waals surface area contributed by atoms with Crippen LogP contribution in [0.2, 0.25) is 0 Å². The molecule has 0 spiro atoms. The number of carbonyl (C=O) groups is 1. The average Bonchev–Trinajstić information content (AvgIpc) is 2.16. The molecule has 0 saturated heterocycles. The fraction of sp³-hybridized carbons (Fsp3) is 0.222. The zero-order valence-corrected chi connectivity index (χ0v) is 9.13. The summed E-state index contributed by atoms with van der Waals surface area (Å²) in [4.78, 5) is 27.4. The van der Waals surface area contributed by atoms with Crippen LogP contribution in [0.3, 0.4) is 0 Å². The second-order valence-electron chi connectivity index (χ2n) is 3.08. The van der Waals surface area contributed by atoms with Gasteiger partial charge in [0.1, 0.15) is 0 Å². The first-order chi connectivity index (χ1) is 7.38. The molecule has 0 atom stereocenters. The lowest BCUT2D eigenvalue weighted by Gasteiger charge is -2.05. The fourth-order valence-corrected chi connectivity index (χ4v) is 1.43. The third kappa shape index (κ3) is 4.55. The Balaban J connectivity index is 2.50. The van der Waals surface area contributed by atoms with Crippen LogP contribution in [0.25, 0.3) is 0 Å². The topological polar surface area (TPSA) is 104 Å². The first-order valence-electron chi connectivity index (χ1n) is 4.41. The summed E-state index contributed by atoms with van der Waals surface area (Å²) in [6.07, 6.45) is 0.311. The summed E-state index contributed by atoms with van der Waals surface area (Å²) in [7, 11) is -4.42. The molecule has 0 unspecified atom stereocenters. The van der Waals surface area contributed by atoms with Crippen molar-refractivity contribution >= 4 is 13.8 Å². The predicted octanol–water partition coefficient (Wildman–Crippen LogP) is 1.04. The summed E-state index contributed by atoms with van der Waals surface area (Å²) in [6.45, 7) is -0.114. The third-order valence-electron chi connectivity index (χ3n) is 1.85. The van der Waals surface area contributed by atoms with Gasteiger partial charge in [-0.1, -0.05) is 12.1 Å². The normalized spacial score (nSPS) is 11.4. The molecule has 0 aromatic heterocycles. The van der Waals surface area contributed by atoms with E-state index in [1.54, 1.807) is 12.1 Å². The lowest BCUT2D eigenvalue weighted by Crippen LogP contribution is -1.99. The van der Waals surface area contributed by atoms with E-state index in [4.69, 9.17) is 14.9 Å². The van der Waals surface area contributed by atoms with Gasteiger partial charge in [0.15, 0.2) is 0 Å². The minimum Gasteiger partial charge on any atom is -0.478 e. The van der Waals surface area contributed by atoms with Gasteiger partial charge in [0.25, 0.3) is 0 Å².